The number of nitrogens with two attached hydrogens (primary N) is 2. The molecule has 0 saturated carbocycles. The van der Waals surface area contributed by atoms with Crippen LogP contribution in [0.5, 0.6) is 0 Å². The van der Waals surface area contributed by atoms with Crippen LogP contribution in [0, 0.1) is 0 Å². The molecule has 6 rings (SSSR count). The van der Waals surface area contributed by atoms with E-state index in [4.69, 9.17) is 11.5 Å². The zero-order chi connectivity index (χ0) is 23.9. The maximum Gasteiger partial charge on any atom is 0.272 e. The summed E-state index contributed by atoms with van der Waals surface area (Å²) in [6.07, 6.45) is 8.13. The van der Waals surface area contributed by atoms with Crippen LogP contribution in [0.1, 0.15) is 23.3 Å². The van der Waals surface area contributed by atoms with Crippen molar-refractivity contribution < 1.29 is 4.79 Å². The van der Waals surface area contributed by atoms with Crippen molar-refractivity contribution in [2.24, 2.45) is 0 Å². The van der Waals surface area contributed by atoms with Crippen molar-refractivity contribution >= 4 is 39.5 Å². The number of nitrogens with zero attached hydrogens (tertiary/aromatic N) is 7. The van der Waals surface area contributed by atoms with E-state index < -0.39 is 0 Å². The van der Waals surface area contributed by atoms with Crippen LogP contribution in [-0.2, 0) is 0 Å². The summed E-state index contributed by atoms with van der Waals surface area (Å²) in [5, 5.41) is 15.4. The number of nitrogen functional groups attached to an aromatic ring is 2. The highest BCUT2D eigenvalue weighted by atomic mass is 16.2. The maximum atomic E-state index is 13.1. The van der Waals surface area contributed by atoms with Gasteiger partial charge in [0.15, 0.2) is 11.5 Å². The smallest absolute Gasteiger partial charge is 0.272 e. The van der Waals surface area contributed by atoms with E-state index in [9.17, 15) is 4.79 Å². The van der Waals surface area contributed by atoms with E-state index in [1.54, 1.807) is 29.0 Å². The first-order valence-electron chi connectivity index (χ1n) is 11.3. The molecule has 0 radical (unpaired) electrons. The number of hydrogen-bond acceptors (Lipinski definition) is 9. The van der Waals surface area contributed by atoms with Crippen molar-refractivity contribution in [1.29, 1.82) is 0 Å². The Morgan fingerprint density at radius 2 is 2.00 bits per heavy atom. The first-order chi connectivity index (χ1) is 17.1. The van der Waals surface area contributed by atoms with Gasteiger partial charge in [-0.2, -0.15) is 10.2 Å². The molecule has 5 heterocycles. The summed E-state index contributed by atoms with van der Waals surface area (Å²) in [5.41, 5.74) is 17.1. The van der Waals surface area contributed by atoms with Crippen molar-refractivity contribution in [2.75, 3.05) is 29.5 Å². The third kappa shape index (κ3) is 3.64. The first-order valence-corrected chi connectivity index (χ1v) is 11.3. The van der Waals surface area contributed by atoms with Gasteiger partial charge in [-0.3, -0.25) is 9.89 Å². The number of H-pyrrole nitrogens is 1. The Kier molecular flexibility index (Phi) is 4.90. The van der Waals surface area contributed by atoms with Gasteiger partial charge >= 0.3 is 0 Å². The third-order valence-electron chi connectivity index (χ3n) is 6.32. The lowest BCUT2D eigenvalue weighted by molar-refractivity contribution is 0.0929. The molecule has 0 bridgehead atoms. The van der Waals surface area contributed by atoms with Gasteiger partial charge < -0.3 is 21.7 Å². The lowest BCUT2D eigenvalue weighted by Gasteiger charge is -2.34. The third-order valence-corrected chi connectivity index (χ3v) is 6.32. The molecule has 1 aliphatic rings. The van der Waals surface area contributed by atoms with Crippen LogP contribution in [0.2, 0.25) is 0 Å². The second-order valence-electron chi connectivity index (χ2n) is 8.58. The quantitative estimate of drug-likeness (QED) is 0.286. The fourth-order valence-electron chi connectivity index (χ4n) is 4.70. The molecule has 6 N–H and O–H groups in total. The second-order valence-corrected chi connectivity index (χ2v) is 8.58. The Balaban J connectivity index is 1.30. The first kappa shape index (κ1) is 20.8. The van der Waals surface area contributed by atoms with E-state index in [2.05, 4.69) is 40.5 Å². The lowest BCUT2D eigenvalue weighted by atomic mass is 10.0. The van der Waals surface area contributed by atoms with E-state index in [0.717, 1.165) is 41.8 Å². The Bertz CT molecular complexity index is 1540. The highest BCUT2D eigenvalue weighted by Crippen LogP contribution is 2.34. The van der Waals surface area contributed by atoms with Crippen LogP contribution in [-0.4, -0.2) is 59.8 Å². The van der Waals surface area contributed by atoms with Gasteiger partial charge in [-0.05, 0) is 37.1 Å². The topological polar surface area (TPSA) is 169 Å². The Labute approximate surface area is 199 Å². The number of benzene rings is 1. The van der Waals surface area contributed by atoms with Gasteiger partial charge in [0.2, 0.25) is 0 Å². The van der Waals surface area contributed by atoms with Gasteiger partial charge in [-0.15, -0.1) is 0 Å². The molecule has 1 atom stereocenters. The van der Waals surface area contributed by atoms with Crippen LogP contribution in [0.3, 0.4) is 0 Å². The summed E-state index contributed by atoms with van der Waals surface area (Å²) in [7, 11) is 0. The molecule has 176 valence electrons. The van der Waals surface area contributed by atoms with E-state index >= 15 is 0 Å². The van der Waals surface area contributed by atoms with Gasteiger partial charge in [-0.1, -0.05) is 0 Å². The summed E-state index contributed by atoms with van der Waals surface area (Å²) >= 11 is 0. The number of carbonyl (C=O) groups excluding carboxylic acids is 1. The van der Waals surface area contributed by atoms with Crippen LogP contribution < -0.4 is 21.7 Å². The number of aromatic nitrogens is 7. The van der Waals surface area contributed by atoms with E-state index in [1.165, 1.54) is 12.7 Å². The molecular formula is C23H23N11O. The number of piperidine rings is 1. The monoisotopic (exact) mass is 469 g/mol. The van der Waals surface area contributed by atoms with Crippen molar-refractivity contribution in [3.63, 3.8) is 0 Å². The Hall–Kier alpha value is -4.74. The predicted molar refractivity (Wildman–Crippen MR) is 132 cm³/mol. The SMILES string of the molecule is Nc1ccc2[nH]nc(C(=O)NC3CCCN(c4cc(-c5cncnc5)n5ncnc(N)c45)C3)c2c1. The molecule has 1 saturated heterocycles. The zero-order valence-electron chi connectivity index (χ0n) is 18.7. The average molecular weight is 470 g/mol. The van der Waals surface area contributed by atoms with Crippen molar-refractivity contribution in [1.82, 2.24) is 40.1 Å². The van der Waals surface area contributed by atoms with Crippen LogP contribution in [0.4, 0.5) is 17.2 Å². The number of amides is 1. The van der Waals surface area contributed by atoms with Gasteiger partial charge in [0, 0.05) is 48.2 Å². The zero-order valence-corrected chi connectivity index (χ0v) is 18.7. The van der Waals surface area contributed by atoms with E-state index in [1.807, 2.05) is 12.1 Å². The number of nitrogens with one attached hydrogen (secondary N) is 2. The van der Waals surface area contributed by atoms with Gasteiger partial charge in [0.25, 0.3) is 5.91 Å². The molecule has 0 aliphatic carbocycles. The molecular weight excluding hydrogens is 446 g/mol. The minimum absolute atomic E-state index is 0.0756. The molecule has 0 spiro atoms. The van der Waals surface area contributed by atoms with Crippen molar-refractivity contribution in [2.45, 2.75) is 18.9 Å². The molecule has 5 aromatic rings. The number of aromatic amines is 1. The second kappa shape index (κ2) is 8.24. The summed E-state index contributed by atoms with van der Waals surface area (Å²) in [6, 6.07) is 7.29. The van der Waals surface area contributed by atoms with Crippen LogP contribution in [0.25, 0.3) is 27.7 Å². The summed E-state index contributed by atoms with van der Waals surface area (Å²) < 4.78 is 1.76. The Morgan fingerprint density at radius 3 is 2.86 bits per heavy atom. The van der Waals surface area contributed by atoms with E-state index in [0.29, 0.717) is 34.6 Å². The molecule has 1 fully saturated rings. The molecule has 12 heteroatoms. The predicted octanol–water partition coefficient (Wildman–Crippen LogP) is 1.63. The number of hydrogen-bond donors (Lipinski definition) is 4. The standard InChI is InChI=1S/C23H23N11O/c24-14-3-4-17-16(6-14)20(32-31-17)23(35)30-15-2-1-5-33(10-15)19-7-18(13-8-26-11-27-9-13)34-21(19)22(25)28-12-29-34/h3-4,6-9,11-12,15H,1-2,5,10,24H2,(H,30,35)(H,31,32)(H2,25,28,29). The van der Waals surface area contributed by atoms with Gasteiger partial charge in [0.05, 0.1) is 16.9 Å². The largest absolute Gasteiger partial charge is 0.399 e. The number of rotatable bonds is 4. The summed E-state index contributed by atoms with van der Waals surface area (Å²) in [5.74, 6) is 0.144. The number of anilines is 3. The summed E-state index contributed by atoms with van der Waals surface area (Å²) in [6.45, 7) is 1.42. The molecule has 1 aromatic carbocycles. The molecule has 1 unspecified atom stereocenters. The fraction of sp³-hybridized carbons (Fsp3) is 0.217. The Morgan fingerprint density at radius 1 is 1.14 bits per heavy atom. The minimum Gasteiger partial charge on any atom is -0.399 e. The fourth-order valence-corrected chi connectivity index (χ4v) is 4.70. The van der Waals surface area contributed by atoms with Crippen molar-refractivity contribution in [3.8, 4) is 11.3 Å². The highest BCUT2D eigenvalue weighted by molar-refractivity contribution is 6.05. The number of fused-ring (bicyclic) bond motifs is 2. The average Bonchev–Trinajstić information content (AvgIpc) is 3.47. The minimum atomic E-state index is -0.236. The summed E-state index contributed by atoms with van der Waals surface area (Å²) in [4.78, 5) is 27.8. The number of carbonyl (C=O) groups is 1. The van der Waals surface area contributed by atoms with Gasteiger partial charge in [-0.25, -0.2) is 19.5 Å². The highest BCUT2D eigenvalue weighted by Gasteiger charge is 2.27. The van der Waals surface area contributed by atoms with Crippen molar-refractivity contribution in [3.05, 3.63) is 55.0 Å². The molecule has 12 nitrogen and oxygen atoms in total. The molecule has 1 amide bonds. The maximum absolute atomic E-state index is 13.1. The van der Waals surface area contributed by atoms with Gasteiger partial charge in [0.1, 0.15) is 18.2 Å². The van der Waals surface area contributed by atoms with Crippen LogP contribution >= 0.6 is 0 Å². The van der Waals surface area contributed by atoms with Crippen LogP contribution in [0.15, 0.2) is 49.3 Å². The molecule has 4 aromatic heterocycles. The van der Waals surface area contributed by atoms with E-state index in [-0.39, 0.29) is 11.9 Å². The molecule has 35 heavy (non-hydrogen) atoms. The normalized spacial score (nSPS) is 16.1. The molecule has 1 aliphatic heterocycles. The lowest BCUT2D eigenvalue weighted by Crippen LogP contribution is -2.48.